The van der Waals surface area contributed by atoms with Crippen LogP contribution in [0, 0.1) is 20.8 Å². The number of thioether (sulfide) groups is 1. The lowest BCUT2D eigenvalue weighted by atomic mass is 10.1. The number of hydrogen-bond donors (Lipinski definition) is 3. The number of hydrogen-bond acceptors (Lipinski definition) is 8. The molecule has 4 N–H and O–H groups in total. The Labute approximate surface area is 183 Å². The molecule has 1 amide bonds. The highest BCUT2D eigenvalue weighted by Gasteiger charge is 2.14. The van der Waals surface area contributed by atoms with Gasteiger partial charge in [-0.2, -0.15) is 0 Å². The van der Waals surface area contributed by atoms with Crippen molar-refractivity contribution in [3.8, 4) is 0 Å². The SMILES string of the molecule is Cc1ccc(NC(=O)CSc2nnc(Nc3cccc(C)c3C)s2)cc1S(N)(=O)=O. The lowest BCUT2D eigenvalue weighted by molar-refractivity contribution is -0.113. The third-order valence-corrected chi connectivity index (χ3v) is 7.38. The highest BCUT2D eigenvalue weighted by molar-refractivity contribution is 8.01. The van der Waals surface area contributed by atoms with Gasteiger partial charge in [0, 0.05) is 11.4 Å². The number of anilines is 3. The minimum absolute atomic E-state index is 0.0146. The number of carbonyl (C=O) groups is 1. The van der Waals surface area contributed by atoms with Gasteiger partial charge in [-0.05, 0) is 55.7 Å². The average molecular weight is 464 g/mol. The van der Waals surface area contributed by atoms with Crippen LogP contribution in [0.15, 0.2) is 45.6 Å². The first-order chi connectivity index (χ1) is 14.1. The number of aromatic nitrogens is 2. The molecule has 0 fully saturated rings. The van der Waals surface area contributed by atoms with Crippen LogP contribution < -0.4 is 15.8 Å². The van der Waals surface area contributed by atoms with Gasteiger partial charge in [0.1, 0.15) is 0 Å². The van der Waals surface area contributed by atoms with Crippen LogP contribution in [0.1, 0.15) is 16.7 Å². The molecule has 158 valence electrons. The molecule has 0 saturated carbocycles. The van der Waals surface area contributed by atoms with Crippen LogP contribution in [-0.4, -0.2) is 30.3 Å². The lowest BCUT2D eigenvalue weighted by Gasteiger charge is -2.08. The molecule has 8 nitrogen and oxygen atoms in total. The van der Waals surface area contributed by atoms with E-state index in [0.717, 1.165) is 11.3 Å². The zero-order valence-corrected chi connectivity index (χ0v) is 19.0. The van der Waals surface area contributed by atoms with Crippen LogP contribution in [-0.2, 0) is 14.8 Å². The Kier molecular flexibility index (Phi) is 6.76. The van der Waals surface area contributed by atoms with E-state index in [4.69, 9.17) is 5.14 Å². The predicted octanol–water partition coefficient (Wildman–Crippen LogP) is 3.59. The van der Waals surface area contributed by atoms with Crippen LogP contribution in [0.4, 0.5) is 16.5 Å². The van der Waals surface area contributed by atoms with Crippen molar-refractivity contribution in [3.05, 3.63) is 53.1 Å². The van der Waals surface area contributed by atoms with Crippen LogP contribution in [0.5, 0.6) is 0 Å². The van der Waals surface area contributed by atoms with Gasteiger partial charge in [0.05, 0.1) is 10.6 Å². The van der Waals surface area contributed by atoms with E-state index in [9.17, 15) is 13.2 Å². The van der Waals surface area contributed by atoms with Gasteiger partial charge in [0.25, 0.3) is 0 Å². The topological polar surface area (TPSA) is 127 Å². The number of aryl methyl sites for hydroxylation is 2. The first-order valence-corrected chi connectivity index (χ1v) is 12.2. The number of benzene rings is 2. The number of nitrogens with zero attached hydrogens (tertiary/aromatic N) is 2. The van der Waals surface area contributed by atoms with Crippen molar-refractivity contribution in [2.45, 2.75) is 30.0 Å². The van der Waals surface area contributed by atoms with E-state index in [0.29, 0.717) is 20.7 Å². The molecule has 0 aliphatic heterocycles. The first kappa shape index (κ1) is 22.2. The third-order valence-electron chi connectivity index (χ3n) is 4.36. The second-order valence-electron chi connectivity index (χ2n) is 6.61. The standard InChI is InChI=1S/C19H21N5O3S3/c1-11-5-4-6-15(13(11)3)22-18-23-24-19(29-18)28-10-17(25)21-14-8-7-12(2)16(9-14)30(20,26)27/h4-9H,10H2,1-3H3,(H,21,25)(H,22,23)(H2,20,26,27). The summed E-state index contributed by atoms with van der Waals surface area (Å²) in [4.78, 5) is 12.2. The summed E-state index contributed by atoms with van der Waals surface area (Å²) in [7, 11) is -3.86. The van der Waals surface area contributed by atoms with E-state index in [-0.39, 0.29) is 16.6 Å². The maximum atomic E-state index is 12.2. The molecule has 0 spiro atoms. The zero-order chi connectivity index (χ0) is 21.9. The van der Waals surface area contributed by atoms with E-state index in [1.54, 1.807) is 19.1 Å². The van der Waals surface area contributed by atoms with Gasteiger partial charge in [0.2, 0.25) is 21.1 Å². The quantitative estimate of drug-likeness (QED) is 0.457. The molecule has 3 rings (SSSR count). The molecule has 0 aliphatic rings. The van der Waals surface area contributed by atoms with Crippen molar-refractivity contribution in [2.24, 2.45) is 5.14 Å². The lowest BCUT2D eigenvalue weighted by Crippen LogP contribution is -2.17. The van der Waals surface area contributed by atoms with Crippen molar-refractivity contribution >= 4 is 55.5 Å². The highest BCUT2D eigenvalue weighted by atomic mass is 32.2. The molecule has 11 heteroatoms. The Hall–Kier alpha value is -2.47. The number of primary sulfonamides is 1. The van der Waals surface area contributed by atoms with Gasteiger partial charge < -0.3 is 10.6 Å². The molecule has 0 saturated heterocycles. The zero-order valence-electron chi connectivity index (χ0n) is 16.6. The van der Waals surface area contributed by atoms with Crippen LogP contribution in [0.25, 0.3) is 0 Å². The molecular weight excluding hydrogens is 442 g/mol. The Bertz CT molecular complexity index is 1190. The Morgan fingerprint density at radius 3 is 2.63 bits per heavy atom. The molecule has 1 aromatic heterocycles. The van der Waals surface area contributed by atoms with E-state index < -0.39 is 10.0 Å². The predicted molar refractivity (Wildman–Crippen MR) is 121 cm³/mol. The summed E-state index contributed by atoms with van der Waals surface area (Å²) in [5.41, 5.74) is 4.16. The maximum Gasteiger partial charge on any atom is 0.238 e. The third kappa shape index (κ3) is 5.57. The molecule has 1 heterocycles. The molecule has 2 aromatic carbocycles. The fourth-order valence-corrected chi connectivity index (χ4v) is 5.00. The minimum atomic E-state index is -3.86. The molecule has 0 radical (unpaired) electrons. The van der Waals surface area contributed by atoms with Gasteiger partial charge in [-0.3, -0.25) is 4.79 Å². The number of amides is 1. The highest BCUT2D eigenvalue weighted by Crippen LogP contribution is 2.29. The summed E-state index contributed by atoms with van der Waals surface area (Å²) >= 11 is 2.60. The average Bonchev–Trinajstić information content (AvgIpc) is 3.12. The number of rotatable bonds is 7. The van der Waals surface area contributed by atoms with Gasteiger partial charge in [-0.25, -0.2) is 13.6 Å². The number of sulfonamides is 1. The number of nitrogens with two attached hydrogens (primary N) is 1. The largest absolute Gasteiger partial charge is 0.330 e. The number of nitrogens with one attached hydrogen (secondary N) is 2. The van der Waals surface area contributed by atoms with E-state index in [1.807, 2.05) is 32.0 Å². The van der Waals surface area contributed by atoms with Gasteiger partial charge >= 0.3 is 0 Å². The molecule has 0 aliphatic carbocycles. The summed E-state index contributed by atoms with van der Waals surface area (Å²) in [5.74, 6) is -0.181. The summed E-state index contributed by atoms with van der Waals surface area (Å²) in [5, 5.41) is 20.0. The van der Waals surface area contributed by atoms with E-state index in [1.165, 1.54) is 34.7 Å². The van der Waals surface area contributed by atoms with Gasteiger partial charge in [-0.15, -0.1) is 10.2 Å². The Morgan fingerprint density at radius 2 is 1.90 bits per heavy atom. The van der Waals surface area contributed by atoms with Crippen molar-refractivity contribution in [3.63, 3.8) is 0 Å². The minimum Gasteiger partial charge on any atom is -0.330 e. The molecule has 0 atom stereocenters. The fourth-order valence-electron chi connectivity index (χ4n) is 2.63. The smallest absolute Gasteiger partial charge is 0.238 e. The second kappa shape index (κ2) is 9.13. The Balaban J connectivity index is 1.59. The summed E-state index contributed by atoms with van der Waals surface area (Å²) in [6, 6.07) is 10.6. The van der Waals surface area contributed by atoms with Crippen molar-refractivity contribution < 1.29 is 13.2 Å². The summed E-state index contributed by atoms with van der Waals surface area (Å²) in [6.07, 6.45) is 0. The summed E-state index contributed by atoms with van der Waals surface area (Å²) < 4.78 is 23.9. The van der Waals surface area contributed by atoms with E-state index in [2.05, 4.69) is 20.8 Å². The van der Waals surface area contributed by atoms with Crippen LogP contribution in [0.2, 0.25) is 0 Å². The molecule has 0 bridgehead atoms. The van der Waals surface area contributed by atoms with Crippen molar-refractivity contribution in [2.75, 3.05) is 16.4 Å². The fraction of sp³-hybridized carbons (Fsp3) is 0.211. The molecular formula is C19H21N5O3S3. The van der Waals surface area contributed by atoms with E-state index >= 15 is 0 Å². The van der Waals surface area contributed by atoms with Gasteiger partial charge in [0.15, 0.2) is 4.34 Å². The van der Waals surface area contributed by atoms with Crippen molar-refractivity contribution in [1.82, 2.24) is 10.2 Å². The maximum absolute atomic E-state index is 12.2. The number of carbonyl (C=O) groups excluding carboxylic acids is 1. The van der Waals surface area contributed by atoms with Crippen molar-refractivity contribution in [1.29, 1.82) is 0 Å². The van der Waals surface area contributed by atoms with Crippen LogP contribution in [0.3, 0.4) is 0 Å². The monoisotopic (exact) mass is 463 g/mol. The normalized spacial score (nSPS) is 11.3. The molecule has 30 heavy (non-hydrogen) atoms. The van der Waals surface area contributed by atoms with Crippen LogP contribution >= 0.6 is 23.1 Å². The second-order valence-corrected chi connectivity index (χ2v) is 10.3. The molecule has 0 unspecified atom stereocenters. The Morgan fingerprint density at radius 1 is 1.13 bits per heavy atom. The first-order valence-electron chi connectivity index (χ1n) is 8.86. The molecule has 3 aromatic rings. The van der Waals surface area contributed by atoms with Gasteiger partial charge in [-0.1, -0.05) is 41.3 Å². The summed E-state index contributed by atoms with van der Waals surface area (Å²) in [6.45, 7) is 5.71.